The molecule has 0 saturated heterocycles. The van der Waals surface area contributed by atoms with Crippen molar-refractivity contribution in [1.29, 1.82) is 0 Å². The lowest BCUT2D eigenvalue weighted by atomic mass is 10.0. The fraction of sp³-hybridized carbons (Fsp3) is 0.429. The van der Waals surface area contributed by atoms with Gasteiger partial charge in [-0.05, 0) is 37.8 Å². The summed E-state index contributed by atoms with van der Waals surface area (Å²) >= 11 is 0. The van der Waals surface area contributed by atoms with Gasteiger partial charge in [-0.2, -0.15) is 4.98 Å². The van der Waals surface area contributed by atoms with Crippen LogP contribution >= 0.6 is 0 Å². The number of rotatable bonds is 3. The number of para-hydroxylation sites is 1. The molecule has 5 heteroatoms. The normalized spacial score (nSPS) is 17.6. The van der Waals surface area contributed by atoms with Crippen LogP contribution in [0.4, 0.5) is 0 Å². The molecular formula is C14H16N2O3. The second kappa shape index (κ2) is 4.66. The van der Waals surface area contributed by atoms with Crippen molar-refractivity contribution in [2.45, 2.75) is 31.3 Å². The monoisotopic (exact) mass is 260 g/mol. The second-order valence-corrected chi connectivity index (χ2v) is 4.86. The minimum absolute atomic E-state index is 0.311. The van der Waals surface area contributed by atoms with Crippen molar-refractivity contribution in [3.05, 3.63) is 30.2 Å². The number of methoxy groups -OCH3 is 1. The van der Waals surface area contributed by atoms with Crippen LogP contribution in [0, 0.1) is 0 Å². The first-order valence-electron chi connectivity index (χ1n) is 6.43. The quantitative estimate of drug-likeness (QED) is 0.918. The SMILES string of the molecule is COc1ccccc1-c1noc(C2(O)CCCC2)n1. The molecule has 0 bridgehead atoms. The fourth-order valence-electron chi connectivity index (χ4n) is 2.53. The molecule has 0 radical (unpaired) electrons. The Kier molecular flexibility index (Phi) is 2.98. The topological polar surface area (TPSA) is 68.4 Å². The maximum Gasteiger partial charge on any atom is 0.258 e. The maximum atomic E-state index is 10.4. The van der Waals surface area contributed by atoms with Gasteiger partial charge < -0.3 is 14.4 Å². The summed E-state index contributed by atoms with van der Waals surface area (Å²) in [6.45, 7) is 0. The Morgan fingerprint density at radius 3 is 2.74 bits per heavy atom. The van der Waals surface area contributed by atoms with Gasteiger partial charge in [0, 0.05) is 0 Å². The summed E-state index contributed by atoms with van der Waals surface area (Å²) < 4.78 is 10.5. The zero-order valence-corrected chi connectivity index (χ0v) is 10.8. The summed E-state index contributed by atoms with van der Waals surface area (Å²) in [5.41, 5.74) is -0.186. The summed E-state index contributed by atoms with van der Waals surface area (Å²) in [6, 6.07) is 7.48. The first-order valence-corrected chi connectivity index (χ1v) is 6.43. The molecule has 3 rings (SSSR count). The van der Waals surface area contributed by atoms with Gasteiger partial charge in [0.2, 0.25) is 5.82 Å². The van der Waals surface area contributed by atoms with Crippen LogP contribution in [-0.2, 0) is 5.60 Å². The van der Waals surface area contributed by atoms with Crippen LogP contribution in [0.3, 0.4) is 0 Å². The average Bonchev–Trinajstić information content (AvgIpc) is 3.08. The highest BCUT2D eigenvalue weighted by Gasteiger charge is 2.38. The molecule has 1 saturated carbocycles. The summed E-state index contributed by atoms with van der Waals surface area (Å²) in [4.78, 5) is 4.34. The molecule has 1 aliphatic carbocycles. The van der Waals surface area contributed by atoms with Crippen LogP contribution in [-0.4, -0.2) is 22.4 Å². The van der Waals surface area contributed by atoms with Crippen LogP contribution in [0.5, 0.6) is 5.75 Å². The molecule has 1 N–H and O–H groups in total. The van der Waals surface area contributed by atoms with Crippen molar-refractivity contribution in [1.82, 2.24) is 10.1 Å². The van der Waals surface area contributed by atoms with Crippen molar-refractivity contribution in [3.63, 3.8) is 0 Å². The van der Waals surface area contributed by atoms with Crippen molar-refractivity contribution in [2.24, 2.45) is 0 Å². The second-order valence-electron chi connectivity index (χ2n) is 4.86. The highest BCUT2D eigenvalue weighted by atomic mass is 16.5. The number of nitrogens with zero attached hydrogens (tertiary/aromatic N) is 2. The largest absolute Gasteiger partial charge is 0.496 e. The molecule has 1 aromatic heterocycles. The van der Waals surface area contributed by atoms with E-state index in [1.54, 1.807) is 7.11 Å². The van der Waals surface area contributed by atoms with E-state index in [2.05, 4.69) is 10.1 Å². The van der Waals surface area contributed by atoms with Crippen molar-refractivity contribution >= 4 is 0 Å². The number of hydrogen-bond donors (Lipinski definition) is 1. The van der Waals surface area contributed by atoms with Gasteiger partial charge in [0.05, 0.1) is 12.7 Å². The minimum Gasteiger partial charge on any atom is -0.496 e. The first kappa shape index (κ1) is 12.2. The van der Waals surface area contributed by atoms with E-state index in [1.165, 1.54) is 0 Å². The molecule has 1 heterocycles. The first-order chi connectivity index (χ1) is 9.23. The van der Waals surface area contributed by atoms with Crippen LogP contribution < -0.4 is 4.74 Å². The Hall–Kier alpha value is -1.88. The minimum atomic E-state index is -0.951. The van der Waals surface area contributed by atoms with E-state index in [0.29, 0.717) is 30.3 Å². The molecule has 0 atom stereocenters. The highest BCUT2D eigenvalue weighted by Crippen LogP contribution is 2.38. The zero-order valence-electron chi connectivity index (χ0n) is 10.8. The smallest absolute Gasteiger partial charge is 0.258 e. The number of aliphatic hydroxyl groups is 1. The van der Waals surface area contributed by atoms with E-state index >= 15 is 0 Å². The maximum absolute atomic E-state index is 10.4. The van der Waals surface area contributed by atoms with Gasteiger partial charge in [-0.15, -0.1) is 0 Å². The Balaban J connectivity index is 1.97. The van der Waals surface area contributed by atoms with Crippen molar-refractivity contribution in [3.8, 4) is 17.1 Å². The van der Waals surface area contributed by atoms with E-state index in [0.717, 1.165) is 18.4 Å². The standard InChI is InChI=1S/C14H16N2O3/c1-18-11-7-3-2-6-10(11)12-15-13(19-16-12)14(17)8-4-5-9-14/h2-3,6-7,17H,4-5,8-9H2,1H3. The van der Waals surface area contributed by atoms with Gasteiger partial charge in [-0.1, -0.05) is 17.3 Å². The Labute approximate surface area is 111 Å². The number of ether oxygens (including phenoxy) is 1. The zero-order chi connectivity index (χ0) is 13.3. The molecule has 0 amide bonds. The third-order valence-electron chi connectivity index (χ3n) is 3.60. The Morgan fingerprint density at radius 2 is 2.00 bits per heavy atom. The molecule has 0 spiro atoms. The van der Waals surface area contributed by atoms with E-state index < -0.39 is 5.60 Å². The third-order valence-corrected chi connectivity index (χ3v) is 3.60. The summed E-state index contributed by atoms with van der Waals surface area (Å²) in [6.07, 6.45) is 3.34. The lowest BCUT2D eigenvalue weighted by Gasteiger charge is -2.15. The molecule has 19 heavy (non-hydrogen) atoms. The number of aromatic nitrogens is 2. The number of hydrogen-bond acceptors (Lipinski definition) is 5. The van der Waals surface area contributed by atoms with Crippen LogP contribution in [0.1, 0.15) is 31.6 Å². The van der Waals surface area contributed by atoms with E-state index in [-0.39, 0.29) is 0 Å². The van der Waals surface area contributed by atoms with Crippen LogP contribution in [0.15, 0.2) is 28.8 Å². The van der Waals surface area contributed by atoms with Gasteiger partial charge in [0.25, 0.3) is 5.89 Å². The predicted molar refractivity (Wildman–Crippen MR) is 68.7 cm³/mol. The summed E-state index contributed by atoms with van der Waals surface area (Å²) in [5.74, 6) is 1.45. The summed E-state index contributed by atoms with van der Waals surface area (Å²) in [5, 5.41) is 14.4. The molecule has 1 aromatic carbocycles. The van der Waals surface area contributed by atoms with E-state index in [1.807, 2.05) is 24.3 Å². The molecule has 2 aromatic rings. The van der Waals surface area contributed by atoms with E-state index in [9.17, 15) is 5.11 Å². The third kappa shape index (κ3) is 2.10. The van der Waals surface area contributed by atoms with Crippen molar-refractivity contribution in [2.75, 3.05) is 7.11 Å². The molecular weight excluding hydrogens is 244 g/mol. The lowest BCUT2D eigenvalue weighted by molar-refractivity contribution is 0.0112. The molecule has 0 aliphatic heterocycles. The fourth-order valence-corrected chi connectivity index (χ4v) is 2.53. The van der Waals surface area contributed by atoms with Gasteiger partial charge in [-0.3, -0.25) is 0 Å². The highest BCUT2D eigenvalue weighted by molar-refractivity contribution is 5.63. The van der Waals surface area contributed by atoms with Gasteiger partial charge in [0.1, 0.15) is 11.4 Å². The molecule has 5 nitrogen and oxygen atoms in total. The molecule has 0 unspecified atom stereocenters. The molecule has 1 fully saturated rings. The average molecular weight is 260 g/mol. The van der Waals surface area contributed by atoms with Crippen molar-refractivity contribution < 1.29 is 14.4 Å². The van der Waals surface area contributed by atoms with Gasteiger partial charge in [-0.25, -0.2) is 0 Å². The lowest BCUT2D eigenvalue weighted by Crippen LogP contribution is -2.21. The van der Waals surface area contributed by atoms with Crippen LogP contribution in [0.2, 0.25) is 0 Å². The van der Waals surface area contributed by atoms with Crippen LogP contribution in [0.25, 0.3) is 11.4 Å². The van der Waals surface area contributed by atoms with Gasteiger partial charge in [0.15, 0.2) is 0 Å². The summed E-state index contributed by atoms with van der Waals surface area (Å²) in [7, 11) is 1.60. The predicted octanol–water partition coefficient (Wildman–Crippen LogP) is 2.51. The number of benzene rings is 1. The Morgan fingerprint density at radius 1 is 1.26 bits per heavy atom. The molecule has 100 valence electrons. The van der Waals surface area contributed by atoms with E-state index in [4.69, 9.17) is 9.26 Å². The molecule has 1 aliphatic rings. The van der Waals surface area contributed by atoms with Gasteiger partial charge >= 0.3 is 0 Å². The Bertz CT molecular complexity index is 574.